The molecule has 0 saturated carbocycles. The molecule has 0 fully saturated rings. The van der Waals surface area contributed by atoms with Crippen molar-refractivity contribution >= 4 is 11.5 Å². The summed E-state index contributed by atoms with van der Waals surface area (Å²) >= 11 is 0. The van der Waals surface area contributed by atoms with Gasteiger partial charge in [0.2, 0.25) is 0 Å². The molecule has 0 unspecified atom stereocenters. The molecule has 22 heavy (non-hydrogen) atoms. The van der Waals surface area contributed by atoms with E-state index in [9.17, 15) is 9.90 Å². The maximum atomic E-state index is 11.3. The lowest BCUT2D eigenvalue weighted by Crippen LogP contribution is -1.99. The summed E-state index contributed by atoms with van der Waals surface area (Å²) < 4.78 is 0. The van der Waals surface area contributed by atoms with Gasteiger partial charge >= 0.3 is 5.97 Å². The summed E-state index contributed by atoms with van der Waals surface area (Å²) in [5.41, 5.74) is 2.96. The lowest BCUT2D eigenvalue weighted by atomic mass is 10.0. The fourth-order valence-electron chi connectivity index (χ4n) is 1.93. The fraction of sp³-hybridized carbons (Fsp3) is 0.0556. The summed E-state index contributed by atoms with van der Waals surface area (Å²) in [6.07, 6.45) is 6.55. The van der Waals surface area contributed by atoms with Crippen LogP contribution < -0.4 is 0 Å². The van der Waals surface area contributed by atoms with Gasteiger partial charge in [-0.2, -0.15) is 5.26 Å². The summed E-state index contributed by atoms with van der Waals surface area (Å²) in [5, 5.41) is 18.0. The van der Waals surface area contributed by atoms with Crippen molar-refractivity contribution in [1.29, 1.82) is 5.26 Å². The molecule has 0 atom stereocenters. The first-order valence-corrected chi connectivity index (χ1v) is 6.69. The highest BCUT2D eigenvalue weighted by Gasteiger charge is 2.09. The first-order chi connectivity index (χ1) is 10.7. The van der Waals surface area contributed by atoms with Crippen LogP contribution in [0.2, 0.25) is 0 Å². The quantitative estimate of drug-likeness (QED) is 0.688. The Balaban J connectivity index is 2.33. The first-order valence-electron chi connectivity index (χ1n) is 6.69. The van der Waals surface area contributed by atoms with Crippen LogP contribution in [0.3, 0.4) is 0 Å². The van der Waals surface area contributed by atoms with Crippen LogP contribution in [0.15, 0.2) is 60.8 Å². The van der Waals surface area contributed by atoms with E-state index < -0.39 is 5.97 Å². The third kappa shape index (κ3) is 3.47. The van der Waals surface area contributed by atoms with Crippen LogP contribution in [0.5, 0.6) is 0 Å². The van der Waals surface area contributed by atoms with Crippen LogP contribution in [0.4, 0.5) is 0 Å². The third-order valence-corrected chi connectivity index (χ3v) is 3.07. The molecule has 4 nitrogen and oxygen atoms in total. The molecule has 0 radical (unpaired) electrons. The molecule has 1 heterocycles. The lowest BCUT2D eigenvalue weighted by Gasteiger charge is -2.05. The standard InChI is InChI=1S/C18H14N2O2/c1-2-3-4-16(18(21)22)14-6-8-15(9-7-14)17-10-5-13(11-19)12-20-17/h2-10,12H,1H3,(H,21,22). The second-order valence-corrected chi connectivity index (χ2v) is 4.53. The molecule has 0 saturated heterocycles. The highest BCUT2D eigenvalue weighted by Crippen LogP contribution is 2.21. The molecule has 108 valence electrons. The van der Waals surface area contributed by atoms with E-state index in [1.54, 1.807) is 42.5 Å². The predicted octanol–water partition coefficient (Wildman–Crippen LogP) is 3.66. The summed E-state index contributed by atoms with van der Waals surface area (Å²) in [6.45, 7) is 1.83. The minimum absolute atomic E-state index is 0.234. The molecule has 1 N–H and O–H groups in total. The van der Waals surface area contributed by atoms with Gasteiger partial charge in [0.05, 0.1) is 16.8 Å². The second-order valence-electron chi connectivity index (χ2n) is 4.53. The largest absolute Gasteiger partial charge is 0.478 e. The zero-order valence-electron chi connectivity index (χ0n) is 12.0. The Kier molecular flexibility index (Phi) is 4.84. The van der Waals surface area contributed by atoms with E-state index in [4.69, 9.17) is 5.26 Å². The van der Waals surface area contributed by atoms with E-state index in [1.165, 1.54) is 6.20 Å². The highest BCUT2D eigenvalue weighted by molar-refractivity contribution is 6.15. The van der Waals surface area contributed by atoms with Crippen molar-refractivity contribution in [3.63, 3.8) is 0 Å². The van der Waals surface area contributed by atoms with E-state index in [-0.39, 0.29) is 5.57 Å². The Labute approximate surface area is 128 Å². The highest BCUT2D eigenvalue weighted by atomic mass is 16.4. The van der Waals surface area contributed by atoms with Crippen molar-refractivity contribution < 1.29 is 9.90 Å². The molecule has 0 aliphatic rings. The molecule has 0 aliphatic carbocycles. The van der Waals surface area contributed by atoms with E-state index in [0.717, 1.165) is 11.3 Å². The van der Waals surface area contributed by atoms with Crippen LogP contribution in [-0.4, -0.2) is 16.1 Å². The van der Waals surface area contributed by atoms with Crippen LogP contribution in [0, 0.1) is 11.3 Å². The van der Waals surface area contributed by atoms with Gasteiger partial charge in [-0.3, -0.25) is 4.98 Å². The number of allylic oxidation sites excluding steroid dienone is 3. The molecule has 0 spiro atoms. The molecule has 0 aliphatic heterocycles. The summed E-state index contributed by atoms with van der Waals surface area (Å²) in [7, 11) is 0. The molecule has 0 bridgehead atoms. The molecule has 2 aromatic rings. The van der Waals surface area contributed by atoms with Gasteiger partial charge < -0.3 is 5.11 Å². The molecule has 1 aromatic carbocycles. The van der Waals surface area contributed by atoms with Crippen molar-refractivity contribution in [2.75, 3.05) is 0 Å². The van der Waals surface area contributed by atoms with Crippen molar-refractivity contribution in [1.82, 2.24) is 4.98 Å². The van der Waals surface area contributed by atoms with Gasteiger partial charge in [0, 0.05) is 11.8 Å². The second kappa shape index (κ2) is 7.00. The van der Waals surface area contributed by atoms with Gasteiger partial charge in [-0.1, -0.05) is 36.4 Å². The van der Waals surface area contributed by atoms with Gasteiger partial charge in [0.25, 0.3) is 0 Å². The molecular weight excluding hydrogens is 276 g/mol. The maximum Gasteiger partial charge on any atom is 0.336 e. The van der Waals surface area contributed by atoms with Crippen LogP contribution in [0.25, 0.3) is 16.8 Å². The molecule has 1 aromatic heterocycles. The number of pyridine rings is 1. The molecular formula is C18H14N2O2. The van der Waals surface area contributed by atoms with Gasteiger partial charge in [-0.25, -0.2) is 4.79 Å². The third-order valence-electron chi connectivity index (χ3n) is 3.07. The number of aromatic nitrogens is 1. The SMILES string of the molecule is CC=CC=C(C(=O)O)c1ccc(-c2ccc(C#N)cn2)cc1. The van der Waals surface area contributed by atoms with Crippen LogP contribution in [0.1, 0.15) is 18.1 Å². The van der Waals surface area contributed by atoms with E-state index in [1.807, 2.05) is 25.1 Å². The van der Waals surface area contributed by atoms with E-state index >= 15 is 0 Å². The fourth-order valence-corrected chi connectivity index (χ4v) is 1.93. The average molecular weight is 290 g/mol. The minimum Gasteiger partial charge on any atom is -0.478 e. The Morgan fingerprint density at radius 1 is 1.23 bits per heavy atom. The van der Waals surface area contributed by atoms with Crippen molar-refractivity contribution in [3.05, 3.63) is 72.0 Å². The van der Waals surface area contributed by atoms with Crippen molar-refractivity contribution in [2.45, 2.75) is 6.92 Å². The number of nitrogens with zero attached hydrogens (tertiary/aromatic N) is 2. The summed E-state index contributed by atoms with van der Waals surface area (Å²) in [5.74, 6) is -0.970. The Hall–Kier alpha value is -3.19. The number of hydrogen-bond acceptors (Lipinski definition) is 3. The van der Waals surface area contributed by atoms with Crippen molar-refractivity contribution in [2.24, 2.45) is 0 Å². The number of rotatable bonds is 4. The first kappa shape index (κ1) is 15.2. The Morgan fingerprint density at radius 3 is 2.45 bits per heavy atom. The number of carboxylic acid groups (broad SMARTS) is 1. The van der Waals surface area contributed by atoms with Gasteiger partial charge in [-0.15, -0.1) is 0 Å². The van der Waals surface area contributed by atoms with Gasteiger partial charge in [-0.05, 0) is 30.7 Å². The van der Waals surface area contributed by atoms with Crippen molar-refractivity contribution in [3.8, 4) is 17.3 Å². The smallest absolute Gasteiger partial charge is 0.336 e. The Morgan fingerprint density at radius 2 is 1.95 bits per heavy atom. The van der Waals surface area contributed by atoms with E-state index in [0.29, 0.717) is 11.1 Å². The van der Waals surface area contributed by atoms with Gasteiger partial charge in [0.1, 0.15) is 6.07 Å². The molecule has 2 rings (SSSR count). The average Bonchev–Trinajstić information content (AvgIpc) is 2.55. The number of benzene rings is 1. The number of aliphatic carboxylic acids is 1. The zero-order valence-corrected chi connectivity index (χ0v) is 12.0. The summed E-state index contributed by atoms with van der Waals surface area (Å²) in [4.78, 5) is 15.5. The summed E-state index contributed by atoms with van der Waals surface area (Å²) in [6, 6.07) is 12.6. The van der Waals surface area contributed by atoms with Crippen LogP contribution >= 0.6 is 0 Å². The zero-order chi connectivity index (χ0) is 15.9. The molecule has 4 heteroatoms. The topological polar surface area (TPSA) is 74.0 Å². The number of carbonyl (C=O) groups is 1. The Bertz CT molecular complexity index is 764. The van der Waals surface area contributed by atoms with E-state index in [2.05, 4.69) is 4.98 Å². The predicted molar refractivity (Wildman–Crippen MR) is 84.8 cm³/mol. The number of carboxylic acids is 1. The maximum absolute atomic E-state index is 11.3. The number of nitriles is 1. The minimum atomic E-state index is -0.970. The lowest BCUT2D eigenvalue weighted by molar-refractivity contribution is -0.130. The molecule has 0 amide bonds. The van der Waals surface area contributed by atoms with Gasteiger partial charge in [0.15, 0.2) is 0 Å². The normalized spacial score (nSPS) is 11.4. The van der Waals surface area contributed by atoms with Crippen LogP contribution in [-0.2, 0) is 4.79 Å². The monoisotopic (exact) mass is 290 g/mol. The number of hydrogen-bond donors (Lipinski definition) is 1.